The Hall–Kier alpha value is -1.29. The maximum atomic E-state index is 13.4. The fourth-order valence-electron chi connectivity index (χ4n) is 1.54. The van der Waals surface area contributed by atoms with Crippen LogP contribution in [0.15, 0.2) is 28.7 Å². The highest BCUT2D eigenvalue weighted by Gasteiger charge is 2.11. The third-order valence-corrected chi connectivity index (χ3v) is 2.79. The van der Waals surface area contributed by atoms with Gasteiger partial charge in [0, 0.05) is 9.86 Å². The Morgan fingerprint density at radius 3 is 2.73 bits per heavy atom. The Morgan fingerprint density at radius 2 is 2.07 bits per heavy atom. The Morgan fingerprint density at radius 1 is 1.33 bits per heavy atom. The molecule has 0 unspecified atom stereocenters. The van der Waals surface area contributed by atoms with Gasteiger partial charge in [0.2, 0.25) is 0 Å². The number of halogens is 2. The summed E-state index contributed by atoms with van der Waals surface area (Å²) in [6, 6.07) is 5.97. The number of methoxy groups -OCH3 is 1. The molecule has 4 heteroatoms. The second kappa shape index (κ2) is 3.70. The smallest absolute Gasteiger partial charge is 0.165 e. The molecule has 0 fully saturated rings. The normalized spacial score (nSPS) is 10.6. The average Bonchev–Trinajstić information content (AvgIpc) is 2.18. The standard InChI is InChI=1S/C11H8BrFO2/c1-15-11-9(13)3-2-6-4-7(14)5-8(12)10(6)11/h2-5,14H,1H3. The molecule has 15 heavy (non-hydrogen) atoms. The summed E-state index contributed by atoms with van der Waals surface area (Å²) < 4.78 is 19.0. The average molecular weight is 271 g/mol. The van der Waals surface area contributed by atoms with Crippen LogP contribution >= 0.6 is 15.9 Å². The van der Waals surface area contributed by atoms with Crippen LogP contribution in [0.5, 0.6) is 11.5 Å². The molecular weight excluding hydrogens is 263 g/mol. The summed E-state index contributed by atoms with van der Waals surface area (Å²) in [6.07, 6.45) is 0. The van der Waals surface area contributed by atoms with Crippen molar-refractivity contribution >= 4 is 26.7 Å². The van der Waals surface area contributed by atoms with Gasteiger partial charge in [0.1, 0.15) is 5.75 Å². The number of hydrogen-bond donors (Lipinski definition) is 1. The van der Waals surface area contributed by atoms with Crippen LogP contribution in [0.25, 0.3) is 10.8 Å². The van der Waals surface area contributed by atoms with Gasteiger partial charge in [-0.05, 0) is 39.5 Å². The van der Waals surface area contributed by atoms with Gasteiger partial charge in [0.15, 0.2) is 11.6 Å². The van der Waals surface area contributed by atoms with Crippen molar-refractivity contribution in [2.75, 3.05) is 7.11 Å². The number of phenols is 1. The van der Waals surface area contributed by atoms with Crippen LogP contribution in [-0.2, 0) is 0 Å². The van der Waals surface area contributed by atoms with Gasteiger partial charge in [-0.1, -0.05) is 6.07 Å². The molecule has 2 aromatic carbocycles. The van der Waals surface area contributed by atoms with E-state index in [1.165, 1.54) is 19.2 Å². The van der Waals surface area contributed by atoms with Crippen LogP contribution in [0.4, 0.5) is 4.39 Å². The number of ether oxygens (including phenoxy) is 1. The number of benzene rings is 2. The van der Waals surface area contributed by atoms with E-state index < -0.39 is 5.82 Å². The second-order valence-corrected chi connectivity index (χ2v) is 3.96. The van der Waals surface area contributed by atoms with E-state index >= 15 is 0 Å². The summed E-state index contributed by atoms with van der Waals surface area (Å²) >= 11 is 3.27. The molecule has 0 saturated carbocycles. The fourth-order valence-corrected chi connectivity index (χ4v) is 2.19. The summed E-state index contributed by atoms with van der Waals surface area (Å²) in [5.41, 5.74) is 0. The van der Waals surface area contributed by atoms with Crippen molar-refractivity contribution in [1.82, 2.24) is 0 Å². The minimum absolute atomic E-state index is 0.128. The molecule has 0 radical (unpaired) electrons. The SMILES string of the molecule is COc1c(F)ccc2cc(O)cc(Br)c12. The van der Waals surface area contributed by atoms with Crippen molar-refractivity contribution in [3.05, 3.63) is 34.6 Å². The molecule has 0 amide bonds. The van der Waals surface area contributed by atoms with Gasteiger partial charge in [0.25, 0.3) is 0 Å². The second-order valence-electron chi connectivity index (χ2n) is 3.11. The van der Waals surface area contributed by atoms with Crippen LogP contribution in [0.3, 0.4) is 0 Å². The van der Waals surface area contributed by atoms with E-state index in [1.54, 1.807) is 12.1 Å². The third-order valence-electron chi connectivity index (χ3n) is 2.16. The van der Waals surface area contributed by atoms with Crippen molar-refractivity contribution in [2.45, 2.75) is 0 Å². The zero-order valence-electron chi connectivity index (χ0n) is 7.92. The molecule has 0 bridgehead atoms. The van der Waals surface area contributed by atoms with Gasteiger partial charge in [0.05, 0.1) is 7.11 Å². The van der Waals surface area contributed by atoms with Gasteiger partial charge in [-0.2, -0.15) is 0 Å². The lowest BCUT2D eigenvalue weighted by Crippen LogP contribution is -1.90. The third kappa shape index (κ3) is 1.65. The largest absolute Gasteiger partial charge is 0.508 e. The first-order valence-corrected chi connectivity index (χ1v) is 5.07. The van der Waals surface area contributed by atoms with Gasteiger partial charge < -0.3 is 9.84 Å². The Kier molecular flexibility index (Phi) is 2.52. The number of rotatable bonds is 1. The minimum Gasteiger partial charge on any atom is -0.508 e. The lowest BCUT2D eigenvalue weighted by Gasteiger charge is -2.08. The lowest BCUT2D eigenvalue weighted by molar-refractivity contribution is 0.391. The predicted octanol–water partition coefficient (Wildman–Crippen LogP) is 3.46. The Balaban J connectivity index is 2.91. The molecule has 0 aliphatic carbocycles. The minimum atomic E-state index is -0.420. The van der Waals surface area contributed by atoms with Crippen LogP contribution < -0.4 is 4.74 Å². The highest BCUT2D eigenvalue weighted by Crippen LogP contribution is 2.36. The molecule has 0 spiro atoms. The van der Waals surface area contributed by atoms with Crippen molar-refractivity contribution < 1.29 is 14.2 Å². The zero-order valence-corrected chi connectivity index (χ0v) is 9.51. The number of fused-ring (bicyclic) bond motifs is 1. The quantitative estimate of drug-likeness (QED) is 0.860. The van der Waals surface area contributed by atoms with E-state index in [9.17, 15) is 9.50 Å². The van der Waals surface area contributed by atoms with Crippen molar-refractivity contribution in [3.63, 3.8) is 0 Å². The van der Waals surface area contributed by atoms with E-state index in [-0.39, 0.29) is 11.5 Å². The Labute approximate surface area is 94.4 Å². The molecule has 0 aromatic heterocycles. The molecule has 2 aromatic rings. The summed E-state index contributed by atoms with van der Waals surface area (Å²) in [5.74, 6) is -0.112. The highest BCUT2D eigenvalue weighted by molar-refractivity contribution is 9.10. The van der Waals surface area contributed by atoms with Crippen LogP contribution in [0, 0.1) is 5.82 Å². The van der Waals surface area contributed by atoms with E-state index in [0.29, 0.717) is 9.86 Å². The van der Waals surface area contributed by atoms with E-state index in [2.05, 4.69) is 15.9 Å². The monoisotopic (exact) mass is 270 g/mol. The van der Waals surface area contributed by atoms with Crippen molar-refractivity contribution in [3.8, 4) is 11.5 Å². The van der Waals surface area contributed by atoms with Gasteiger partial charge in [-0.3, -0.25) is 0 Å². The van der Waals surface area contributed by atoms with E-state index in [4.69, 9.17) is 4.74 Å². The van der Waals surface area contributed by atoms with Crippen LogP contribution in [0.1, 0.15) is 0 Å². The van der Waals surface area contributed by atoms with Gasteiger partial charge >= 0.3 is 0 Å². The number of aromatic hydroxyl groups is 1. The molecule has 0 saturated heterocycles. The Bertz CT molecular complexity index is 525. The molecule has 78 valence electrons. The molecule has 2 nitrogen and oxygen atoms in total. The van der Waals surface area contributed by atoms with Crippen molar-refractivity contribution in [2.24, 2.45) is 0 Å². The fraction of sp³-hybridized carbons (Fsp3) is 0.0909. The van der Waals surface area contributed by atoms with Crippen LogP contribution in [0.2, 0.25) is 0 Å². The summed E-state index contributed by atoms with van der Waals surface area (Å²) in [4.78, 5) is 0. The maximum Gasteiger partial charge on any atom is 0.165 e. The molecule has 0 atom stereocenters. The summed E-state index contributed by atoms with van der Waals surface area (Å²) in [7, 11) is 1.41. The maximum absolute atomic E-state index is 13.4. The molecule has 1 N–H and O–H groups in total. The highest BCUT2D eigenvalue weighted by atomic mass is 79.9. The molecule has 0 aliphatic rings. The first kappa shape index (κ1) is 10.2. The van der Waals surface area contributed by atoms with E-state index in [0.717, 1.165) is 5.39 Å². The topological polar surface area (TPSA) is 29.5 Å². The van der Waals surface area contributed by atoms with Crippen LogP contribution in [-0.4, -0.2) is 12.2 Å². The summed E-state index contributed by atoms with van der Waals surface area (Å²) in [6.45, 7) is 0. The number of phenolic OH excluding ortho intramolecular Hbond substituents is 1. The molecular formula is C11H8BrFO2. The predicted molar refractivity (Wildman–Crippen MR) is 59.8 cm³/mol. The summed E-state index contributed by atoms with van der Waals surface area (Å²) in [5, 5.41) is 10.7. The lowest BCUT2D eigenvalue weighted by atomic mass is 10.1. The zero-order chi connectivity index (χ0) is 11.0. The van der Waals surface area contributed by atoms with Gasteiger partial charge in [-0.15, -0.1) is 0 Å². The molecule has 0 heterocycles. The first-order valence-electron chi connectivity index (χ1n) is 4.28. The van der Waals surface area contributed by atoms with Gasteiger partial charge in [-0.25, -0.2) is 4.39 Å². The molecule has 2 rings (SSSR count). The first-order chi connectivity index (χ1) is 7.13. The van der Waals surface area contributed by atoms with Crippen molar-refractivity contribution in [1.29, 1.82) is 0 Å². The van der Waals surface area contributed by atoms with E-state index in [1.807, 2.05) is 0 Å². The molecule has 0 aliphatic heterocycles. The number of hydrogen-bond acceptors (Lipinski definition) is 2.